The highest BCUT2D eigenvalue weighted by Crippen LogP contribution is 2.33. The maximum Gasteiger partial charge on any atom is 0.434 e. The number of hydrogen-bond donors (Lipinski definition) is 2. The molecule has 0 fully saturated rings. The van der Waals surface area contributed by atoms with E-state index in [9.17, 15) is 18.0 Å². The highest BCUT2D eigenvalue weighted by Gasteiger charge is 2.33. The summed E-state index contributed by atoms with van der Waals surface area (Å²) >= 11 is 0.903. The van der Waals surface area contributed by atoms with E-state index in [1.54, 1.807) is 24.3 Å². The second-order valence-electron chi connectivity index (χ2n) is 5.13. The van der Waals surface area contributed by atoms with Gasteiger partial charge in [0.25, 0.3) is 0 Å². The Labute approximate surface area is 128 Å². The molecule has 0 unspecified atom stereocenters. The molecule has 0 aliphatic heterocycles. The molecule has 22 heavy (non-hydrogen) atoms. The zero-order valence-corrected chi connectivity index (χ0v) is 12.3. The van der Waals surface area contributed by atoms with Crippen molar-refractivity contribution in [2.75, 3.05) is 0 Å². The van der Waals surface area contributed by atoms with Crippen LogP contribution in [0, 0.1) is 0 Å². The van der Waals surface area contributed by atoms with Crippen LogP contribution in [-0.2, 0) is 17.4 Å². The van der Waals surface area contributed by atoms with Gasteiger partial charge in [-0.3, -0.25) is 4.79 Å². The summed E-state index contributed by atoms with van der Waals surface area (Å²) in [6, 6.07) is 6.48. The highest BCUT2D eigenvalue weighted by atomic mass is 32.1. The molecule has 0 radical (unpaired) electrons. The molecule has 8 heteroatoms. The summed E-state index contributed by atoms with van der Waals surface area (Å²) in [5.41, 5.74) is 4.57. The van der Waals surface area contributed by atoms with E-state index >= 15 is 0 Å². The van der Waals surface area contributed by atoms with Gasteiger partial charge >= 0.3 is 12.1 Å². The lowest BCUT2D eigenvalue weighted by Crippen LogP contribution is -2.46. The fourth-order valence-electron chi connectivity index (χ4n) is 1.80. The summed E-state index contributed by atoms with van der Waals surface area (Å²) in [6.45, 7) is 1.40. The molecule has 2 aromatic rings. The van der Waals surface area contributed by atoms with Crippen LogP contribution in [0.1, 0.15) is 18.2 Å². The van der Waals surface area contributed by atoms with Crippen molar-refractivity contribution in [1.29, 1.82) is 0 Å². The van der Waals surface area contributed by atoms with Crippen LogP contribution in [0.5, 0.6) is 0 Å². The maximum absolute atomic E-state index is 12.5. The Balaban J connectivity index is 2.19. The molecule has 0 saturated heterocycles. The number of benzene rings is 1. The van der Waals surface area contributed by atoms with Crippen molar-refractivity contribution >= 4 is 17.3 Å². The molecule has 1 aromatic heterocycles. The molecule has 0 bridgehead atoms. The smallest absolute Gasteiger partial charge is 0.434 e. The Morgan fingerprint density at radius 1 is 1.32 bits per heavy atom. The fourth-order valence-corrected chi connectivity index (χ4v) is 2.63. The minimum atomic E-state index is -4.46. The van der Waals surface area contributed by atoms with Crippen molar-refractivity contribution in [3.8, 4) is 10.6 Å². The minimum absolute atomic E-state index is 0.119. The predicted molar refractivity (Wildman–Crippen MR) is 76.5 cm³/mol. The van der Waals surface area contributed by atoms with Gasteiger partial charge < -0.3 is 10.8 Å². The molecular formula is C14H13F3N2O2S. The summed E-state index contributed by atoms with van der Waals surface area (Å²) in [7, 11) is 0. The quantitative estimate of drug-likeness (QED) is 0.903. The van der Waals surface area contributed by atoms with Crippen LogP contribution in [0.4, 0.5) is 13.2 Å². The van der Waals surface area contributed by atoms with Crippen molar-refractivity contribution < 1.29 is 23.1 Å². The van der Waals surface area contributed by atoms with Crippen molar-refractivity contribution in [3.05, 3.63) is 40.9 Å². The number of hydrogen-bond acceptors (Lipinski definition) is 4. The van der Waals surface area contributed by atoms with Gasteiger partial charge in [0.1, 0.15) is 10.5 Å². The van der Waals surface area contributed by atoms with Crippen LogP contribution < -0.4 is 5.73 Å². The van der Waals surface area contributed by atoms with Crippen LogP contribution in [-0.4, -0.2) is 21.6 Å². The Bertz CT molecular complexity index is 678. The number of alkyl halides is 3. The van der Waals surface area contributed by atoms with Crippen LogP contribution in [0.3, 0.4) is 0 Å². The fraction of sp³-hybridized carbons (Fsp3) is 0.286. The zero-order valence-electron chi connectivity index (χ0n) is 11.5. The molecule has 0 spiro atoms. The van der Waals surface area contributed by atoms with E-state index in [2.05, 4.69) is 4.98 Å². The molecule has 4 nitrogen and oxygen atoms in total. The van der Waals surface area contributed by atoms with E-state index < -0.39 is 23.4 Å². The molecule has 0 aliphatic carbocycles. The van der Waals surface area contributed by atoms with Gasteiger partial charge in [-0.1, -0.05) is 24.3 Å². The first-order valence-electron chi connectivity index (χ1n) is 6.24. The first-order chi connectivity index (χ1) is 10.1. The lowest BCUT2D eigenvalue weighted by Gasteiger charge is -2.19. The third kappa shape index (κ3) is 3.63. The average molecular weight is 330 g/mol. The number of nitrogens with two attached hydrogens (primary N) is 1. The first kappa shape index (κ1) is 16.4. The summed E-state index contributed by atoms with van der Waals surface area (Å²) in [4.78, 5) is 14.5. The SMILES string of the molecule is C[C@@](N)(Cc1ccc(-c2nc(C(F)(F)F)cs2)cc1)C(=O)O. The number of aromatic nitrogens is 1. The average Bonchev–Trinajstić information content (AvgIpc) is 2.88. The lowest BCUT2D eigenvalue weighted by molar-refractivity contribution is -0.142. The van der Waals surface area contributed by atoms with Gasteiger partial charge in [0.2, 0.25) is 0 Å². The number of carbonyl (C=O) groups is 1. The molecular weight excluding hydrogens is 317 g/mol. The highest BCUT2D eigenvalue weighted by molar-refractivity contribution is 7.13. The van der Waals surface area contributed by atoms with E-state index in [-0.39, 0.29) is 11.4 Å². The largest absolute Gasteiger partial charge is 0.480 e. The van der Waals surface area contributed by atoms with Crippen LogP contribution >= 0.6 is 11.3 Å². The van der Waals surface area contributed by atoms with Gasteiger partial charge in [-0.15, -0.1) is 11.3 Å². The van der Waals surface area contributed by atoms with E-state index in [1.165, 1.54) is 6.92 Å². The van der Waals surface area contributed by atoms with Gasteiger partial charge in [-0.2, -0.15) is 13.2 Å². The summed E-state index contributed by atoms with van der Waals surface area (Å²) in [5.74, 6) is -1.12. The summed E-state index contributed by atoms with van der Waals surface area (Å²) < 4.78 is 37.6. The number of carboxylic acid groups (broad SMARTS) is 1. The number of thiazole rings is 1. The van der Waals surface area contributed by atoms with E-state index in [4.69, 9.17) is 10.8 Å². The van der Waals surface area contributed by atoms with Crippen molar-refractivity contribution in [2.24, 2.45) is 5.73 Å². The van der Waals surface area contributed by atoms with Gasteiger partial charge in [-0.25, -0.2) is 4.98 Å². The van der Waals surface area contributed by atoms with Gasteiger partial charge in [0.15, 0.2) is 5.69 Å². The maximum atomic E-state index is 12.5. The Hall–Kier alpha value is -1.93. The molecule has 0 amide bonds. The molecule has 118 valence electrons. The Kier molecular flexibility index (Phi) is 4.25. The standard InChI is InChI=1S/C14H13F3N2O2S/c1-13(18,12(20)21)6-8-2-4-9(5-3-8)11-19-10(7-22-11)14(15,16)17/h2-5,7H,6,18H2,1H3,(H,20,21)/t13-/m1/s1. The normalized spacial score (nSPS) is 14.6. The van der Waals surface area contributed by atoms with Gasteiger partial charge in [-0.05, 0) is 12.5 Å². The topological polar surface area (TPSA) is 76.2 Å². The zero-order chi connectivity index (χ0) is 16.5. The molecule has 2 rings (SSSR count). The molecule has 0 aliphatic rings. The Morgan fingerprint density at radius 3 is 2.36 bits per heavy atom. The van der Waals surface area contributed by atoms with Crippen LogP contribution in [0.25, 0.3) is 10.6 Å². The van der Waals surface area contributed by atoms with E-state index in [0.29, 0.717) is 11.1 Å². The molecule has 1 heterocycles. The first-order valence-corrected chi connectivity index (χ1v) is 7.12. The lowest BCUT2D eigenvalue weighted by atomic mass is 9.94. The van der Waals surface area contributed by atoms with Crippen LogP contribution in [0.15, 0.2) is 29.6 Å². The third-order valence-corrected chi connectivity index (χ3v) is 3.95. The number of aliphatic carboxylic acids is 1. The number of nitrogens with zero attached hydrogens (tertiary/aromatic N) is 1. The second-order valence-corrected chi connectivity index (χ2v) is 5.99. The van der Waals surface area contributed by atoms with E-state index in [1.807, 2.05) is 0 Å². The van der Waals surface area contributed by atoms with Crippen molar-refractivity contribution in [2.45, 2.75) is 25.1 Å². The number of halogens is 3. The van der Waals surface area contributed by atoms with Crippen LogP contribution in [0.2, 0.25) is 0 Å². The third-order valence-electron chi connectivity index (χ3n) is 3.06. The van der Waals surface area contributed by atoms with Crippen molar-refractivity contribution in [1.82, 2.24) is 4.98 Å². The Morgan fingerprint density at radius 2 is 1.91 bits per heavy atom. The number of carboxylic acids is 1. The minimum Gasteiger partial charge on any atom is -0.480 e. The number of rotatable bonds is 4. The van der Waals surface area contributed by atoms with E-state index in [0.717, 1.165) is 16.7 Å². The molecule has 0 saturated carbocycles. The molecule has 1 atom stereocenters. The summed E-state index contributed by atoms with van der Waals surface area (Å²) in [5, 5.41) is 10.2. The summed E-state index contributed by atoms with van der Waals surface area (Å²) in [6.07, 6.45) is -4.34. The molecule has 3 N–H and O–H groups in total. The predicted octanol–water partition coefficient (Wildman–Crippen LogP) is 3.17. The monoisotopic (exact) mass is 330 g/mol. The van der Waals surface area contributed by atoms with Crippen molar-refractivity contribution in [3.63, 3.8) is 0 Å². The van der Waals surface area contributed by atoms with Gasteiger partial charge in [0.05, 0.1) is 0 Å². The second kappa shape index (κ2) is 5.69. The van der Waals surface area contributed by atoms with Gasteiger partial charge in [0, 0.05) is 17.4 Å². The molecule has 1 aromatic carbocycles.